The number of benzene rings is 2. The lowest BCUT2D eigenvalue weighted by Crippen LogP contribution is -1.91. The minimum Gasteiger partial charge on any atom is -0.397 e. The maximum atomic E-state index is 6.23. The van der Waals surface area contributed by atoms with Gasteiger partial charge >= 0.3 is 0 Å². The van der Waals surface area contributed by atoms with Crippen LogP contribution in [0.1, 0.15) is 0 Å². The average Bonchev–Trinajstić information content (AvgIpc) is 2.46. The van der Waals surface area contributed by atoms with E-state index in [9.17, 15) is 0 Å². The van der Waals surface area contributed by atoms with Crippen molar-refractivity contribution in [1.82, 2.24) is 4.98 Å². The first-order valence-corrected chi connectivity index (χ1v) is 7.47. The molecule has 2 nitrogen and oxygen atoms in total. The highest BCUT2D eigenvalue weighted by molar-refractivity contribution is 7.99. The van der Waals surface area contributed by atoms with Gasteiger partial charge in [0.2, 0.25) is 0 Å². The molecule has 0 radical (unpaired) electrons. The van der Waals surface area contributed by atoms with E-state index in [-0.39, 0.29) is 0 Å². The van der Waals surface area contributed by atoms with E-state index >= 15 is 0 Å². The SMILES string of the molecule is Nc1c(Sc2ccc(Cl)c(Cl)c2)ccc2cnccc12. The van der Waals surface area contributed by atoms with Crippen molar-refractivity contribution in [3.05, 3.63) is 58.8 Å². The first-order valence-electron chi connectivity index (χ1n) is 5.90. The van der Waals surface area contributed by atoms with E-state index in [0.717, 1.165) is 26.3 Å². The number of nitrogens with two attached hydrogens (primary N) is 1. The second-order valence-electron chi connectivity index (χ2n) is 4.25. The second-order valence-corrected chi connectivity index (χ2v) is 6.18. The molecular weight excluding hydrogens is 311 g/mol. The Bertz CT molecular complexity index is 790. The van der Waals surface area contributed by atoms with Gasteiger partial charge in [0, 0.05) is 33.0 Å². The summed E-state index contributed by atoms with van der Waals surface area (Å²) in [7, 11) is 0. The molecule has 0 atom stereocenters. The van der Waals surface area contributed by atoms with Crippen molar-refractivity contribution in [2.45, 2.75) is 9.79 Å². The van der Waals surface area contributed by atoms with E-state index in [1.54, 1.807) is 30.2 Å². The van der Waals surface area contributed by atoms with Crippen molar-refractivity contribution in [3.8, 4) is 0 Å². The molecule has 0 bridgehead atoms. The Kier molecular flexibility index (Phi) is 3.74. The van der Waals surface area contributed by atoms with Crippen LogP contribution in [-0.4, -0.2) is 4.98 Å². The van der Waals surface area contributed by atoms with Crippen LogP contribution in [0.5, 0.6) is 0 Å². The number of rotatable bonds is 2. The smallest absolute Gasteiger partial charge is 0.0603 e. The third-order valence-corrected chi connectivity index (χ3v) is 4.75. The lowest BCUT2D eigenvalue weighted by atomic mass is 10.1. The molecule has 5 heteroatoms. The number of halogens is 2. The highest BCUT2D eigenvalue weighted by Gasteiger charge is 2.07. The topological polar surface area (TPSA) is 38.9 Å². The van der Waals surface area contributed by atoms with Crippen LogP contribution in [0.3, 0.4) is 0 Å². The third kappa shape index (κ3) is 2.57. The van der Waals surface area contributed by atoms with Crippen LogP contribution in [0.4, 0.5) is 5.69 Å². The molecule has 0 saturated heterocycles. The van der Waals surface area contributed by atoms with Gasteiger partial charge in [-0.1, -0.05) is 41.0 Å². The molecule has 0 aliphatic heterocycles. The quantitative estimate of drug-likeness (QED) is 0.653. The van der Waals surface area contributed by atoms with Gasteiger partial charge in [-0.25, -0.2) is 0 Å². The fraction of sp³-hybridized carbons (Fsp3) is 0. The van der Waals surface area contributed by atoms with E-state index in [4.69, 9.17) is 28.9 Å². The number of anilines is 1. The van der Waals surface area contributed by atoms with Gasteiger partial charge < -0.3 is 5.73 Å². The fourth-order valence-corrected chi connectivity index (χ4v) is 3.21. The highest BCUT2D eigenvalue weighted by atomic mass is 35.5. The molecule has 0 spiro atoms. The Balaban J connectivity index is 2.02. The Morgan fingerprint density at radius 3 is 2.65 bits per heavy atom. The molecule has 3 aromatic rings. The van der Waals surface area contributed by atoms with Gasteiger partial charge in [0.25, 0.3) is 0 Å². The van der Waals surface area contributed by atoms with Crippen molar-refractivity contribution >= 4 is 51.4 Å². The van der Waals surface area contributed by atoms with Crippen molar-refractivity contribution in [1.29, 1.82) is 0 Å². The number of hydrogen-bond donors (Lipinski definition) is 1. The summed E-state index contributed by atoms with van der Waals surface area (Å²) in [5.74, 6) is 0. The van der Waals surface area contributed by atoms with Crippen molar-refractivity contribution in [3.63, 3.8) is 0 Å². The summed E-state index contributed by atoms with van der Waals surface area (Å²) in [4.78, 5) is 6.08. The van der Waals surface area contributed by atoms with Crippen molar-refractivity contribution in [2.24, 2.45) is 0 Å². The monoisotopic (exact) mass is 320 g/mol. The largest absolute Gasteiger partial charge is 0.397 e. The summed E-state index contributed by atoms with van der Waals surface area (Å²) in [6.07, 6.45) is 3.55. The molecule has 0 saturated carbocycles. The predicted molar refractivity (Wildman–Crippen MR) is 86.7 cm³/mol. The molecule has 1 heterocycles. The zero-order chi connectivity index (χ0) is 14.1. The molecule has 100 valence electrons. The van der Waals surface area contributed by atoms with Crippen LogP contribution in [0.25, 0.3) is 10.8 Å². The molecule has 0 aliphatic carbocycles. The van der Waals surface area contributed by atoms with E-state index < -0.39 is 0 Å². The van der Waals surface area contributed by atoms with Crippen LogP contribution in [0.2, 0.25) is 10.0 Å². The molecule has 1 aromatic heterocycles. The van der Waals surface area contributed by atoms with Crippen LogP contribution in [0, 0.1) is 0 Å². The first kappa shape index (κ1) is 13.6. The van der Waals surface area contributed by atoms with Gasteiger partial charge in [-0.2, -0.15) is 0 Å². The maximum Gasteiger partial charge on any atom is 0.0603 e. The van der Waals surface area contributed by atoms with Crippen LogP contribution in [-0.2, 0) is 0 Å². The summed E-state index contributed by atoms with van der Waals surface area (Å²) in [6, 6.07) is 11.5. The lowest BCUT2D eigenvalue weighted by molar-refractivity contribution is 1.35. The molecular formula is C15H10Cl2N2S. The summed E-state index contributed by atoms with van der Waals surface area (Å²) in [5, 5.41) is 3.13. The lowest BCUT2D eigenvalue weighted by Gasteiger charge is -2.09. The second kappa shape index (κ2) is 5.52. The van der Waals surface area contributed by atoms with Crippen molar-refractivity contribution in [2.75, 3.05) is 5.73 Å². The maximum absolute atomic E-state index is 6.23. The average molecular weight is 321 g/mol. The summed E-state index contributed by atoms with van der Waals surface area (Å²) < 4.78 is 0. The molecule has 0 unspecified atom stereocenters. The van der Waals surface area contributed by atoms with Gasteiger partial charge in [-0.3, -0.25) is 4.98 Å². The number of nitrogen functional groups attached to an aromatic ring is 1. The molecule has 3 rings (SSSR count). The molecule has 20 heavy (non-hydrogen) atoms. The van der Waals surface area contributed by atoms with Crippen LogP contribution < -0.4 is 5.73 Å². The third-order valence-electron chi connectivity index (χ3n) is 2.94. The van der Waals surface area contributed by atoms with E-state index in [0.29, 0.717) is 10.0 Å². The number of pyridine rings is 1. The predicted octanol–water partition coefficient (Wildman–Crippen LogP) is 5.28. The number of hydrogen-bond acceptors (Lipinski definition) is 3. The summed E-state index contributed by atoms with van der Waals surface area (Å²) in [5.41, 5.74) is 6.98. The molecule has 0 amide bonds. The highest BCUT2D eigenvalue weighted by Crippen LogP contribution is 2.37. The molecule has 0 aliphatic rings. The zero-order valence-electron chi connectivity index (χ0n) is 10.3. The normalized spacial score (nSPS) is 10.9. The van der Waals surface area contributed by atoms with Gasteiger partial charge in [-0.15, -0.1) is 0 Å². The fourth-order valence-electron chi connectivity index (χ4n) is 1.93. The Labute approximate surface area is 130 Å². The van der Waals surface area contributed by atoms with Crippen LogP contribution >= 0.6 is 35.0 Å². The number of nitrogens with zero attached hydrogens (tertiary/aromatic N) is 1. The van der Waals surface area contributed by atoms with Crippen LogP contribution in [0.15, 0.2) is 58.6 Å². The Hall–Kier alpha value is -1.42. The minimum absolute atomic E-state index is 0.542. The van der Waals surface area contributed by atoms with E-state index in [1.165, 1.54) is 0 Å². The Morgan fingerprint density at radius 2 is 1.85 bits per heavy atom. The van der Waals surface area contributed by atoms with E-state index in [2.05, 4.69) is 4.98 Å². The minimum atomic E-state index is 0.542. The standard InChI is InChI=1S/C15H10Cl2N2S/c16-12-3-2-10(7-13(12)17)20-14-4-1-9-8-19-6-5-11(9)15(14)18/h1-8H,18H2. The first-order chi connectivity index (χ1) is 9.65. The summed E-state index contributed by atoms with van der Waals surface area (Å²) in [6.45, 7) is 0. The number of aromatic nitrogens is 1. The van der Waals surface area contributed by atoms with Gasteiger partial charge in [0.15, 0.2) is 0 Å². The Morgan fingerprint density at radius 1 is 1.00 bits per heavy atom. The van der Waals surface area contributed by atoms with Crippen molar-refractivity contribution < 1.29 is 0 Å². The number of fused-ring (bicyclic) bond motifs is 1. The molecule has 0 fully saturated rings. The van der Waals surface area contributed by atoms with E-state index in [1.807, 2.05) is 30.3 Å². The molecule has 2 N–H and O–H groups in total. The van der Waals surface area contributed by atoms with Gasteiger partial charge in [-0.05, 0) is 30.3 Å². The zero-order valence-corrected chi connectivity index (χ0v) is 12.6. The summed E-state index contributed by atoms with van der Waals surface area (Å²) >= 11 is 13.5. The van der Waals surface area contributed by atoms with Gasteiger partial charge in [0.05, 0.1) is 15.7 Å². The van der Waals surface area contributed by atoms with Gasteiger partial charge in [0.1, 0.15) is 0 Å². The molecule has 2 aromatic carbocycles.